The zero-order valence-corrected chi connectivity index (χ0v) is 12.7. The maximum Gasteiger partial charge on any atom is 0.255 e. The molecule has 0 saturated carbocycles. The molecule has 118 valence electrons. The lowest BCUT2D eigenvalue weighted by molar-refractivity contribution is 0.0944. The third kappa shape index (κ3) is 2.64. The first-order chi connectivity index (χ1) is 11.3. The summed E-state index contributed by atoms with van der Waals surface area (Å²) >= 11 is 0. The van der Waals surface area contributed by atoms with Crippen LogP contribution in [0.2, 0.25) is 0 Å². The Morgan fingerprint density at radius 2 is 2.09 bits per heavy atom. The molecule has 1 amide bonds. The molecule has 23 heavy (non-hydrogen) atoms. The first kappa shape index (κ1) is 14.1. The van der Waals surface area contributed by atoms with E-state index >= 15 is 0 Å². The second-order valence-corrected chi connectivity index (χ2v) is 5.70. The van der Waals surface area contributed by atoms with Gasteiger partial charge in [0.15, 0.2) is 11.5 Å². The maximum absolute atomic E-state index is 12.5. The van der Waals surface area contributed by atoms with E-state index in [1.165, 1.54) is 11.1 Å². The Morgan fingerprint density at radius 1 is 1.17 bits per heavy atom. The smallest absolute Gasteiger partial charge is 0.255 e. The second kappa shape index (κ2) is 5.93. The second-order valence-electron chi connectivity index (χ2n) is 5.70. The van der Waals surface area contributed by atoms with Gasteiger partial charge in [-0.3, -0.25) is 4.79 Å². The van der Waals surface area contributed by atoms with Crippen LogP contribution in [0.4, 0.5) is 0 Å². The summed E-state index contributed by atoms with van der Waals surface area (Å²) in [5.41, 5.74) is 3.13. The van der Waals surface area contributed by atoms with Crippen molar-refractivity contribution in [2.75, 3.05) is 19.9 Å². The van der Waals surface area contributed by atoms with Gasteiger partial charge in [-0.1, -0.05) is 30.3 Å². The van der Waals surface area contributed by atoms with Crippen LogP contribution in [0, 0.1) is 0 Å². The standard InChI is InChI=1S/C18H18N2O3/c21-18(14-6-3-7-16-17(14)23-11-22-16)20-10-15-13-5-2-1-4-12(13)8-9-19-15/h1-7,15,19H,8-11H2,(H,20,21). The Kier molecular flexibility index (Phi) is 3.63. The highest BCUT2D eigenvalue weighted by molar-refractivity contribution is 5.98. The normalized spacial score (nSPS) is 18.3. The van der Waals surface area contributed by atoms with Crippen LogP contribution in [0.1, 0.15) is 27.5 Å². The van der Waals surface area contributed by atoms with E-state index < -0.39 is 0 Å². The minimum absolute atomic E-state index is 0.137. The number of carbonyl (C=O) groups is 1. The van der Waals surface area contributed by atoms with E-state index in [1.807, 2.05) is 6.07 Å². The Morgan fingerprint density at radius 3 is 3.04 bits per heavy atom. The van der Waals surface area contributed by atoms with E-state index in [0.717, 1.165) is 13.0 Å². The van der Waals surface area contributed by atoms with Crippen molar-refractivity contribution in [1.82, 2.24) is 10.6 Å². The van der Waals surface area contributed by atoms with Crippen molar-refractivity contribution < 1.29 is 14.3 Å². The first-order valence-corrected chi connectivity index (χ1v) is 7.81. The predicted molar refractivity (Wildman–Crippen MR) is 85.8 cm³/mol. The van der Waals surface area contributed by atoms with Crippen LogP contribution in [0.3, 0.4) is 0 Å². The zero-order chi connectivity index (χ0) is 15.6. The molecular formula is C18H18N2O3. The van der Waals surface area contributed by atoms with Crippen LogP contribution < -0.4 is 20.1 Å². The summed E-state index contributed by atoms with van der Waals surface area (Å²) in [4.78, 5) is 12.5. The molecule has 0 radical (unpaired) electrons. The lowest BCUT2D eigenvalue weighted by Gasteiger charge is -2.27. The fraction of sp³-hybridized carbons (Fsp3) is 0.278. The zero-order valence-electron chi connectivity index (χ0n) is 12.7. The van der Waals surface area contributed by atoms with Crippen LogP contribution in [0.15, 0.2) is 42.5 Å². The number of carbonyl (C=O) groups excluding carboxylic acids is 1. The molecule has 5 heteroatoms. The number of amides is 1. The van der Waals surface area contributed by atoms with Crippen molar-refractivity contribution in [2.24, 2.45) is 0 Å². The van der Waals surface area contributed by atoms with Gasteiger partial charge in [0.25, 0.3) is 5.91 Å². The summed E-state index contributed by atoms with van der Waals surface area (Å²) in [6, 6.07) is 13.9. The Labute approximate surface area is 134 Å². The molecule has 0 bridgehead atoms. The van der Waals surface area contributed by atoms with Crippen molar-refractivity contribution >= 4 is 5.91 Å². The van der Waals surface area contributed by atoms with Gasteiger partial charge in [0.2, 0.25) is 6.79 Å². The molecule has 0 aliphatic carbocycles. The Balaban J connectivity index is 1.48. The van der Waals surface area contributed by atoms with E-state index in [-0.39, 0.29) is 18.7 Å². The maximum atomic E-state index is 12.5. The summed E-state index contributed by atoms with van der Waals surface area (Å²) in [5, 5.41) is 6.47. The molecule has 0 aromatic heterocycles. The molecule has 0 spiro atoms. The van der Waals surface area contributed by atoms with Gasteiger partial charge in [-0.15, -0.1) is 0 Å². The van der Waals surface area contributed by atoms with Crippen molar-refractivity contribution in [3.8, 4) is 11.5 Å². The van der Waals surface area contributed by atoms with E-state index in [4.69, 9.17) is 9.47 Å². The number of para-hydroxylation sites is 1. The molecule has 5 nitrogen and oxygen atoms in total. The fourth-order valence-corrected chi connectivity index (χ4v) is 3.17. The third-order valence-electron chi connectivity index (χ3n) is 4.32. The molecule has 0 saturated heterocycles. The minimum Gasteiger partial charge on any atom is -0.454 e. The molecule has 2 aliphatic heterocycles. The molecular weight excluding hydrogens is 292 g/mol. The van der Waals surface area contributed by atoms with E-state index in [0.29, 0.717) is 23.6 Å². The fourth-order valence-electron chi connectivity index (χ4n) is 3.17. The number of benzene rings is 2. The molecule has 2 aliphatic rings. The van der Waals surface area contributed by atoms with E-state index in [2.05, 4.69) is 28.8 Å². The average Bonchev–Trinajstić information content (AvgIpc) is 3.08. The number of fused-ring (bicyclic) bond motifs is 2. The van der Waals surface area contributed by atoms with Crippen molar-refractivity contribution in [3.63, 3.8) is 0 Å². The third-order valence-corrected chi connectivity index (χ3v) is 4.32. The molecule has 0 fully saturated rings. The summed E-state index contributed by atoms with van der Waals surface area (Å²) in [7, 11) is 0. The van der Waals surface area contributed by atoms with Gasteiger partial charge < -0.3 is 20.1 Å². The monoisotopic (exact) mass is 310 g/mol. The van der Waals surface area contributed by atoms with Crippen molar-refractivity contribution in [3.05, 3.63) is 59.2 Å². The van der Waals surface area contributed by atoms with Gasteiger partial charge in [0.1, 0.15) is 0 Å². The molecule has 4 rings (SSSR count). The van der Waals surface area contributed by atoms with Crippen LogP contribution >= 0.6 is 0 Å². The molecule has 2 aromatic rings. The highest BCUT2D eigenvalue weighted by Gasteiger charge is 2.24. The molecule has 2 aromatic carbocycles. The van der Waals surface area contributed by atoms with Crippen LogP contribution in [-0.2, 0) is 6.42 Å². The average molecular weight is 310 g/mol. The van der Waals surface area contributed by atoms with Gasteiger partial charge in [-0.2, -0.15) is 0 Å². The Hall–Kier alpha value is -2.53. The van der Waals surface area contributed by atoms with Crippen molar-refractivity contribution in [1.29, 1.82) is 0 Å². The van der Waals surface area contributed by atoms with E-state index in [9.17, 15) is 4.79 Å². The van der Waals surface area contributed by atoms with Crippen LogP contribution in [-0.4, -0.2) is 25.8 Å². The number of nitrogens with one attached hydrogen (secondary N) is 2. The largest absolute Gasteiger partial charge is 0.454 e. The lowest BCUT2D eigenvalue weighted by atomic mass is 9.94. The van der Waals surface area contributed by atoms with Crippen molar-refractivity contribution in [2.45, 2.75) is 12.5 Å². The summed E-state index contributed by atoms with van der Waals surface area (Å²) in [6.45, 7) is 1.63. The molecule has 1 unspecified atom stereocenters. The summed E-state index contributed by atoms with van der Waals surface area (Å²) in [5.74, 6) is 1.01. The predicted octanol–water partition coefficient (Wildman–Crippen LogP) is 2.03. The summed E-state index contributed by atoms with van der Waals surface area (Å²) in [6.07, 6.45) is 1.03. The van der Waals surface area contributed by atoms with Gasteiger partial charge in [0, 0.05) is 12.6 Å². The Bertz CT molecular complexity index is 745. The SMILES string of the molecule is O=C(NCC1NCCc2ccccc21)c1cccc2c1OCO2. The number of ether oxygens (including phenoxy) is 2. The highest BCUT2D eigenvalue weighted by Crippen LogP contribution is 2.35. The summed E-state index contributed by atoms with van der Waals surface area (Å²) < 4.78 is 10.7. The van der Waals surface area contributed by atoms with Gasteiger partial charge in [-0.25, -0.2) is 0 Å². The molecule has 1 atom stereocenters. The van der Waals surface area contributed by atoms with Crippen LogP contribution in [0.5, 0.6) is 11.5 Å². The first-order valence-electron chi connectivity index (χ1n) is 7.81. The number of hydrogen-bond acceptors (Lipinski definition) is 4. The quantitative estimate of drug-likeness (QED) is 0.911. The van der Waals surface area contributed by atoms with Crippen LogP contribution in [0.25, 0.3) is 0 Å². The van der Waals surface area contributed by atoms with Gasteiger partial charge >= 0.3 is 0 Å². The lowest BCUT2D eigenvalue weighted by Crippen LogP contribution is -2.38. The van der Waals surface area contributed by atoms with Gasteiger partial charge in [0.05, 0.1) is 5.56 Å². The highest BCUT2D eigenvalue weighted by atomic mass is 16.7. The van der Waals surface area contributed by atoms with Gasteiger partial charge in [-0.05, 0) is 36.2 Å². The molecule has 2 heterocycles. The number of hydrogen-bond donors (Lipinski definition) is 2. The number of rotatable bonds is 3. The van der Waals surface area contributed by atoms with E-state index in [1.54, 1.807) is 18.2 Å². The molecule has 2 N–H and O–H groups in total. The minimum atomic E-state index is -0.141. The topological polar surface area (TPSA) is 59.6 Å².